The number of benzene rings is 2. The molecule has 0 saturated carbocycles. The van der Waals surface area contributed by atoms with Gasteiger partial charge in [-0.3, -0.25) is 14.9 Å². The molecule has 0 aliphatic rings. The summed E-state index contributed by atoms with van der Waals surface area (Å²) < 4.78 is 0. The van der Waals surface area contributed by atoms with Gasteiger partial charge in [-0.1, -0.05) is 67.1 Å². The van der Waals surface area contributed by atoms with E-state index in [9.17, 15) is 9.59 Å². The van der Waals surface area contributed by atoms with Crippen LogP contribution in [0, 0.1) is 0 Å². The molecule has 2 amide bonds. The van der Waals surface area contributed by atoms with E-state index in [1.807, 2.05) is 60.7 Å². The van der Waals surface area contributed by atoms with Crippen molar-refractivity contribution in [3.05, 3.63) is 71.8 Å². The van der Waals surface area contributed by atoms with E-state index in [1.54, 1.807) is 0 Å². The van der Waals surface area contributed by atoms with Crippen LogP contribution in [-0.2, 0) is 9.59 Å². The Morgan fingerprint density at radius 3 is 1.84 bits per heavy atom. The molecule has 0 unspecified atom stereocenters. The van der Waals surface area contributed by atoms with Crippen molar-refractivity contribution in [2.75, 3.05) is 6.54 Å². The summed E-state index contributed by atoms with van der Waals surface area (Å²) in [5, 5.41) is 2.47. The number of unbranched alkanes of at least 4 members (excludes halogenated alkanes) is 1. The number of nitrogens with one attached hydrogen (secondary N) is 1. The van der Waals surface area contributed by atoms with Crippen molar-refractivity contribution in [2.45, 2.75) is 31.2 Å². The maximum atomic E-state index is 12.8. The number of hydrogen-bond acceptors (Lipinski definition) is 4. The predicted molar refractivity (Wildman–Crippen MR) is 98.8 cm³/mol. The van der Waals surface area contributed by atoms with Gasteiger partial charge in [0, 0.05) is 0 Å². The van der Waals surface area contributed by atoms with Crippen LogP contribution in [0.25, 0.3) is 0 Å². The second-order valence-electron chi connectivity index (χ2n) is 6.00. The molecule has 5 heteroatoms. The number of carbonyl (C=O) groups excluding carboxylic acids is 2. The fraction of sp³-hybridized carbons (Fsp3) is 0.300. The Hall–Kier alpha value is -2.50. The molecule has 5 N–H and O–H groups in total. The van der Waals surface area contributed by atoms with Crippen molar-refractivity contribution < 1.29 is 9.59 Å². The normalized spacial score (nSPS) is 12.0. The lowest BCUT2D eigenvalue weighted by molar-refractivity contribution is -0.131. The average Bonchev–Trinajstić information content (AvgIpc) is 2.63. The van der Waals surface area contributed by atoms with Crippen LogP contribution in [0.3, 0.4) is 0 Å². The molecule has 0 heterocycles. The zero-order chi connectivity index (χ0) is 18.1. The summed E-state index contributed by atoms with van der Waals surface area (Å²) in [5.41, 5.74) is 13.0. The van der Waals surface area contributed by atoms with E-state index in [1.165, 1.54) is 0 Å². The largest absolute Gasteiger partial charge is 0.330 e. The molecule has 0 bridgehead atoms. The summed E-state index contributed by atoms with van der Waals surface area (Å²) in [7, 11) is 0. The Kier molecular flexibility index (Phi) is 7.32. The summed E-state index contributed by atoms with van der Waals surface area (Å²) in [6.45, 7) is 0.567. The molecule has 2 aromatic carbocycles. The van der Waals surface area contributed by atoms with Gasteiger partial charge in [0.25, 0.3) is 0 Å². The lowest BCUT2D eigenvalue weighted by Gasteiger charge is -2.19. The molecule has 0 radical (unpaired) electrons. The number of hydrogen-bond donors (Lipinski definition) is 3. The first-order chi connectivity index (χ1) is 12.1. The Balaban J connectivity index is 2.12. The van der Waals surface area contributed by atoms with Gasteiger partial charge in [-0.25, -0.2) is 0 Å². The molecule has 0 fully saturated rings. The standard InChI is InChI=1S/C20H25N3O2/c21-14-8-7-13-17(22)19(24)23-20(25)18(15-9-3-1-4-10-15)16-11-5-2-6-12-16/h1-6,9-12,17-18H,7-8,13-14,21-22H2,(H,23,24,25)/t17-/m0/s1. The number of amides is 2. The number of carbonyl (C=O) groups is 2. The molecule has 25 heavy (non-hydrogen) atoms. The highest BCUT2D eigenvalue weighted by atomic mass is 16.2. The number of rotatable bonds is 8. The van der Waals surface area contributed by atoms with E-state index in [4.69, 9.17) is 11.5 Å². The highest BCUT2D eigenvalue weighted by Crippen LogP contribution is 2.24. The van der Waals surface area contributed by atoms with E-state index in [0.29, 0.717) is 13.0 Å². The summed E-state index contributed by atoms with van der Waals surface area (Å²) in [6, 6.07) is 18.1. The van der Waals surface area contributed by atoms with Crippen molar-refractivity contribution in [1.82, 2.24) is 5.32 Å². The third-order valence-electron chi connectivity index (χ3n) is 4.08. The Morgan fingerprint density at radius 2 is 1.36 bits per heavy atom. The van der Waals surface area contributed by atoms with E-state index < -0.39 is 17.9 Å². The van der Waals surface area contributed by atoms with Crippen molar-refractivity contribution in [3.8, 4) is 0 Å². The number of imide groups is 1. The zero-order valence-corrected chi connectivity index (χ0v) is 14.2. The van der Waals surface area contributed by atoms with Gasteiger partial charge in [0.2, 0.25) is 11.8 Å². The average molecular weight is 339 g/mol. The summed E-state index contributed by atoms with van der Waals surface area (Å²) in [4.78, 5) is 25.0. The van der Waals surface area contributed by atoms with Crippen LogP contribution >= 0.6 is 0 Å². The van der Waals surface area contributed by atoms with Crippen molar-refractivity contribution in [2.24, 2.45) is 11.5 Å². The molecule has 0 aromatic heterocycles. The third-order valence-corrected chi connectivity index (χ3v) is 4.08. The second kappa shape index (κ2) is 9.71. The molecule has 0 spiro atoms. The molecule has 0 saturated heterocycles. The van der Waals surface area contributed by atoms with Crippen LogP contribution in [0.2, 0.25) is 0 Å². The molecule has 2 aromatic rings. The van der Waals surface area contributed by atoms with Crippen LogP contribution in [0.4, 0.5) is 0 Å². The first kappa shape index (κ1) is 18.8. The first-order valence-corrected chi connectivity index (χ1v) is 8.53. The quantitative estimate of drug-likeness (QED) is 0.640. The molecular weight excluding hydrogens is 314 g/mol. The van der Waals surface area contributed by atoms with Gasteiger partial charge in [0.15, 0.2) is 0 Å². The van der Waals surface area contributed by atoms with Gasteiger partial charge in [0.05, 0.1) is 12.0 Å². The van der Waals surface area contributed by atoms with Crippen LogP contribution in [-0.4, -0.2) is 24.4 Å². The van der Waals surface area contributed by atoms with Crippen LogP contribution in [0.15, 0.2) is 60.7 Å². The topological polar surface area (TPSA) is 98.2 Å². The first-order valence-electron chi connectivity index (χ1n) is 8.53. The predicted octanol–water partition coefficient (Wildman–Crippen LogP) is 1.92. The van der Waals surface area contributed by atoms with Crippen molar-refractivity contribution in [3.63, 3.8) is 0 Å². The molecule has 132 valence electrons. The van der Waals surface area contributed by atoms with Crippen LogP contribution in [0.5, 0.6) is 0 Å². The van der Waals surface area contributed by atoms with Crippen molar-refractivity contribution >= 4 is 11.8 Å². The van der Waals surface area contributed by atoms with Gasteiger partial charge in [-0.05, 0) is 30.5 Å². The summed E-state index contributed by atoms with van der Waals surface area (Å²) >= 11 is 0. The molecule has 1 atom stereocenters. The van der Waals surface area contributed by atoms with E-state index in [2.05, 4.69) is 5.32 Å². The lowest BCUT2D eigenvalue weighted by atomic mass is 9.90. The minimum atomic E-state index is -0.706. The fourth-order valence-corrected chi connectivity index (χ4v) is 2.71. The monoisotopic (exact) mass is 339 g/mol. The highest BCUT2D eigenvalue weighted by Gasteiger charge is 2.25. The lowest BCUT2D eigenvalue weighted by Crippen LogP contribution is -2.45. The smallest absolute Gasteiger partial charge is 0.243 e. The van der Waals surface area contributed by atoms with Crippen molar-refractivity contribution in [1.29, 1.82) is 0 Å². The highest BCUT2D eigenvalue weighted by molar-refractivity contribution is 6.01. The summed E-state index contributed by atoms with van der Waals surface area (Å²) in [6.07, 6.45) is 2.09. The molecule has 0 aliphatic carbocycles. The van der Waals surface area contributed by atoms with Gasteiger partial charge in [-0.2, -0.15) is 0 Å². The number of nitrogens with two attached hydrogens (primary N) is 2. The van der Waals surface area contributed by atoms with Gasteiger partial charge in [-0.15, -0.1) is 0 Å². The van der Waals surface area contributed by atoms with Gasteiger partial charge in [0.1, 0.15) is 0 Å². The fourth-order valence-electron chi connectivity index (χ4n) is 2.71. The van der Waals surface area contributed by atoms with E-state index in [-0.39, 0.29) is 5.91 Å². The third kappa shape index (κ3) is 5.52. The maximum absolute atomic E-state index is 12.8. The zero-order valence-electron chi connectivity index (χ0n) is 14.2. The Bertz CT molecular complexity index is 634. The maximum Gasteiger partial charge on any atom is 0.243 e. The van der Waals surface area contributed by atoms with E-state index in [0.717, 1.165) is 24.0 Å². The molecular formula is C20H25N3O2. The second-order valence-corrected chi connectivity index (χ2v) is 6.00. The molecule has 0 aliphatic heterocycles. The van der Waals surface area contributed by atoms with Crippen LogP contribution < -0.4 is 16.8 Å². The minimum absolute atomic E-state index is 0.364. The summed E-state index contributed by atoms with van der Waals surface area (Å²) in [5.74, 6) is -1.36. The van der Waals surface area contributed by atoms with Crippen LogP contribution in [0.1, 0.15) is 36.3 Å². The van der Waals surface area contributed by atoms with E-state index >= 15 is 0 Å². The van der Waals surface area contributed by atoms with Gasteiger partial charge < -0.3 is 11.5 Å². The SMILES string of the molecule is NCCCC[C@H](N)C(=O)NC(=O)C(c1ccccc1)c1ccccc1. The Morgan fingerprint density at radius 1 is 0.840 bits per heavy atom. The van der Waals surface area contributed by atoms with Gasteiger partial charge >= 0.3 is 0 Å². The minimum Gasteiger partial charge on any atom is -0.330 e. The molecule has 2 rings (SSSR count). The Labute approximate surface area is 148 Å². The molecule has 5 nitrogen and oxygen atoms in total.